The highest BCUT2D eigenvalue weighted by atomic mass is 16.4. The molecule has 0 spiro atoms. The lowest BCUT2D eigenvalue weighted by molar-refractivity contribution is -0.132. The van der Waals surface area contributed by atoms with E-state index in [9.17, 15) is 4.79 Å². The van der Waals surface area contributed by atoms with Crippen LogP contribution < -0.4 is 0 Å². The number of benzene rings is 1. The number of aromatic nitrogens is 1. The molecule has 1 amide bonds. The molecule has 0 N–H and O–H groups in total. The van der Waals surface area contributed by atoms with Crippen LogP contribution in [0.5, 0.6) is 0 Å². The number of carbonyl (C=O) groups is 1. The van der Waals surface area contributed by atoms with Crippen LogP contribution in [0.1, 0.15) is 31.0 Å². The van der Waals surface area contributed by atoms with E-state index in [1.165, 1.54) is 0 Å². The fourth-order valence-corrected chi connectivity index (χ4v) is 2.49. The number of hydrogen-bond donors (Lipinski definition) is 0. The summed E-state index contributed by atoms with van der Waals surface area (Å²) >= 11 is 0. The van der Waals surface area contributed by atoms with Crippen LogP contribution in [0.15, 0.2) is 63.8 Å². The Bertz CT molecular complexity index is 778. The van der Waals surface area contributed by atoms with Crippen LogP contribution in [0.4, 0.5) is 0 Å². The van der Waals surface area contributed by atoms with E-state index in [1.54, 1.807) is 24.4 Å². The molecular formula is C19H20N2O3. The molecule has 3 aromatic rings. The molecule has 0 bridgehead atoms. The van der Waals surface area contributed by atoms with Crippen molar-refractivity contribution >= 4 is 5.91 Å². The van der Waals surface area contributed by atoms with E-state index < -0.39 is 0 Å². The van der Waals surface area contributed by atoms with Gasteiger partial charge in [-0.2, -0.15) is 0 Å². The summed E-state index contributed by atoms with van der Waals surface area (Å²) in [5.74, 6) is 2.09. The second-order valence-electron chi connectivity index (χ2n) is 5.68. The molecule has 124 valence electrons. The van der Waals surface area contributed by atoms with E-state index in [0.717, 1.165) is 17.1 Å². The molecule has 0 saturated carbocycles. The minimum atomic E-state index is -0.100. The summed E-state index contributed by atoms with van der Waals surface area (Å²) in [6, 6.07) is 13.4. The van der Waals surface area contributed by atoms with Gasteiger partial charge in [0.05, 0.1) is 18.5 Å². The molecule has 1 aromatic carbocycles. The number of carbonyl (C=O) groups excluding carboxylic acids is 1. The maximum absolute atomic E-state index is 12.3. The first-order valence-electron chi connectivity index (χ1n) is 7.94. The van der Waals surface area contributed by atoms with E-state index in [4.69, 9.17) is 8.83 Å². The first-order valence-corrected chi connectivity index (χ1v) is 7.94. The van der Waals surface area contributed by atoms with Gasteiger partial charge in [-0.1, -0.05) is 30.3 Å². The van der Waals surface area contributed by atoms with Crippen LogP contribution in [0.25, 0.3) is 11.3 Å². The van der Waals surface area contributed by atoms with Gasteiger partial charge < -0.3 is 13.7 Å². The number of hydrogen-bond acceptors (Lipinski definition) is 4. The summed E-state index contributed by atoms with van der Waals surface area (Å²) in [6.07, 6.45) is 4.13. The number of aryl methyl sites for hydroxylation is 1. The standard InChI is InChI=1S/C19H20N2O3/c1-14(16-9-6-12-23-16)21(2)19(22)11-10-18-20-13-17(24-18)15-7-4-3-5-8-15/h3-9,12-14H,10-11H2,1-2H3. The lowest BCUT2D eigenvalue weighted by atomic mass is 10.2. The van der Waals surface area contributed by atoms with Crippen LogP contribution in [0.2, 0.25) is 0 Å². The topological polar surface area (TPSA) is 59.5 Å². The third kappa shape index (κ3) is 3.56. The second-order valence-corrected chi connectivity index (χ2v) is 5.68. The molecule has 0 radical (unpaired) electrons. The van der Waals surface area contributed by atoms with Crippen LogP contribution in [-0.2, 0) is 11.2 Å². The molecule has 0 fully saturated rings. The zero-order valence-electron chi connectivity index (χ0n) is 13.8. The smallest absolute Gasteiger partial charge is 0.223 e. The van der Waals surface area contributed by atoms with E-state index >= 15 is 0 Å². The summed E-state index contributed by atoms with van der Waals surface area (Å²) < 4.78 is 11.1. The highest BCUT2D eigenvalue weighted by molar-refractivity contribution is 5.76. The van der Waals surface area contributed by atoms with Crippen molar-refractivity contribution in [3.8, 4) is 11.3 Å². The molecule has 5 nitrogen and oxygen atoms in total. The van der Waals surface area contributed by atoms with Crippen molar-refractivity contribution in [3.05, 3.63) is 66.6 Å². The van der Waals surface area contributed by atoms with Gasteiger partial charge in [0.25, 0.3) is 0 Å². The maximum Gasteiger partial charge on any atom is 0.223 e. The Labute approximate surface area is 140 Å². The molecule has 0 aliphatic rings. The van der Waals surface area contributed by atoms with Crippen molar-refractivity contribution in [2.24, 2.45) is 0 Å². The monoisotopic (exact) mass is 324 g/mol. The van der Waals surface area contributed by atoms with Gasteiger partial charge in [0.1, 0.15) is 5.76 Å². The average molecular weight is 324 g/mol. The molecule has 3 rings (SSSR count). The SMILES string of the molecule is CC(c1ccco1)N(C)C(=O)CCc1ncc(-c2ccccc2)o1. The normalized spacial score (nSPS) is 12.1. The number of nitrogens with zero attached hydrogens (tertiary/aromatic N) is 2. The van der Waals surface area contributed by atoms with Crippen LogP contribution in [-0.4, -0.2) is 22.8 Å². The minimum Gasteiger partial charge on any atom is -0.467 e. The van der Waals surface area contributed by atoms with Gasteiger partial charge in [0.2, 0.25) is 5.91 Å². The van der Waals surface area contributed by atoms with Gasteiger partial charge in [-0.3, -0.25) is 4.79 Å². The largest absolute Gasteiger partial charge is 0.467 e. The first-order chi connectivity index (χ1) is 11.6. The molecule has 2 aromatic heterocycles. The number of amides is 1. The Hall–Kier alpha value is -2.82. The molecule has 0 aliphatic carbocycles. The van der Waals surface area contributed by atoms with Crippen molar-refractivity contribution < 1.29 is 13.6 Å². The van der Waals surface area contributed by atoms with E-state index in [0.29, 0.717) is 18.7 Å². The van der Waals surface area contributed by atoms with Crippen molar-refractivity contribution in [1.82, 2.24) is 9.88 Å². The molecule has 0 saturated heterocycles. The van der Waals surface area contributed by atoms with Crippen LogP contribution in [0, 0.1) is 0 Å². The second kappa shape index (κ2) is 7.17. The van der Waals surface area contributed by atoms with Gasteiger partial charge in [-0.05, 0) is 19.1 Å². The van der Waals surface area contributed by atoms with Gasteiger partial charge in [0.15, 0.2) is 11.7 Å². The zero-order valence-corrected chi connectivity index (χ0v) is 13.8. The Morgan fingerprint density at radius 3 is 2.71 bits per heavy atom. The minimum absolute atomic E-state index is 0.0263. The summed E-state index contributed by atoms with van der Waals surface area (Å²) in [4.78, 5) is 18.3. The summed E-state index contributed by atoms with van der Waals surface area (Å²) in [7, 11) is 1.78. The van der Waals surface area contributed by atoms with Gasteiger partial charge in [0, 0.05) is 25.5 Å². The predicted molar refractivity (Wildman–Crippen MR) is 90.2 cm³/mol. The number of rotatable bonds is 6. The third-order valence-corrected chi connectivity index (χ3v) is 4.09. The molecule has 24 heavy (non-hydrogen) atoms. The summed E-state index contributed by atoms with van der Waals surface area (Å²) in [5, 5.41) is 0. The predicted octanol–water partition coefficient (Wildman–Crippen LogP) is 4.09. The van der Waals surface area contributed by atoms with E-state index in [2.05, 4.69) is 4.98 Å². The highest BCUT2D eigenvalue weighted by Gasteiger charge is 2.19. The lowest BCUT2D eigenvalue weighted by Gasteiger charge is -2.23. The quantitative estimate of drug-likeness (QED) is 0.685. The van der Waals surface area contributed by atoms with Crippen LogP contribution in [0.3, 0.4) is 0 Å². The van der Waals surface area contributed by atoms with Crippen molar-refractivity contribution in [3.63, 3.8) is 0 Å². The number of furan rings is 1. The highest BCUT2D eigenvalue weighted by Crippen LogP contribution is 2.22. The van der Waals surface area contributed by atoms with Gasteiger partial charge in [-0.15, -0.1) is 0 Å². The number of oxazole rings is 1. The van der Waals surface area contributed by atoms with Crippen molar-refractivity contribution in [1.29, 1.82) is 0 Å². The fourth-order valence-electron chi connectivity index (χ4n) is 2.49. The van der Waals surface area contributed by atoms with Gasteiger partial charge >= 0.3 is 0 Å². The van der Waals surface area contributed by atoms with E-state index in [-0.39, 0.29) is 11.9 Å². The fraction of sp³-hybridized carbons (Fsp3) is 0.263. The average Bonchev–Trinajstić information content (AvgIpc) is 3.31. The maximum atomic E-state index is 12.3. The Balaban J connectivity index is 1.58. The van der Waals surface area contributed by atoms with Crippen molar-refractivity contribution in [2.45, 2.75) is 25.8 Å². The molecule has 5 heteroatoms. The molecule has 0 aliphatic heterocycles. The van der Waals surface area contributed by atoms with Crippen molar-refractivity contribution in [2.75, 3.05) is 7.05 Å². The summed E-state index contributed by atoms with van der Waals surface area (Å²) in [6.45, 7) is 1.94. The molecule has 1 atom stereocenters. The lowest BCUT2D eigenvalue weighted by Crippen LogP contribution is -2.29. The molecular weight excluding hydrogens is 304 g/mol. The Morgan fingerprint density at radius 1 is 1.21 bits per heavy atom. The van der Waals surface area contributed by atoms with E-state index in [1.807, 2.05) is 49.4 Å². The molecule has 2 heterocycles. The third-order valence-electron chi connectivity index (χ3n) is 4.09. The summed E-state index contributed by atoms with van der Waals surface area (Å²) in [5.41, 5.74) is 0.978. The Morgan fingerprint density at radius 2 is 2.00 bits per heavy atom. The van der Waals surface area contributed by atoms with Gasteiger partial charge in [-0.25, -0.2) is 4.98 Å². The first kappa shape index (κ1) is 16.1. The van der Waals surface area contributed by atoms with Crippen LogP contribution >= 0.6 is 0 Å². The molecule has 1 unspecified atom stereocenters. The Kier molecular flexibility index (Phi) is 4.79. The zero-order chi connectivity index (χ0) is 16.9.